The summed E-state index contributed by atoms with van der Waals surface area (Å²) >= 11 is 1.71. The first kappa shape index (κ1) is 17.0. The predicted molar refractivity (Wildman–Crippen MR) is 95.6 cm³/mol. The van der Waals surface area contributed by atoms with Gasteiger partial charge >= 0.3 is 6.18 Å². The van der Waals surface area contributed by atoms with E-state index in [0.29, 0.717) is 0 Å². The Hall–Kier alpha value is -1.81. The third-order valence-corrected chi connectivity index (χ3v) is 5.32. The molecule has 0 bridgehead atoms. The van der Waals surface area contributed by atoms with Gasteiger partial charge < -0.3 is 0 Å². The minimum Gasteiger partial charge on any atom is -0.166 e. The molecule has 24 heavy (non-hydrogen) atoms. The van der Waals surface area contributed by atoms with Gasteiger partial charge in [0, 0.05) is 20.5 Å². The van der Waals surface area contributed by atoms with Gasteiger partial charge in [-0.15, -0.1) is 11.3 Å². The van der Waals surface area contributed by atoms with Crippen LogP contribution in [-0.2, 0) is 12.6 Å². The molecule has 1 aromatic heterocycles. The van der Waals surface area contributed by atoms with Crippen molar-refractivity contribution in [3.8, 4) is 11.1 Å². The zero-order valence-corrected chi connectivity index (χ0v) is 14.5. The quantitative estimate of drug-likeness (QED) is 0.466. The predicted octanol–water partition coefficient (Wildman–Crippen LogP) is 7.24. The largest absolute Gasteiger partial charge is 0.416 e. The Morgan fingerprint density at radius 2 is 1.71 bits per heavy atom. The third-order valence-electron chi connectivity index (χ3n) is 4.25. The Morgan fingerprint density at radius 3 is 2.33 bits per heavy atom. The second kappa shape index (κ2) is 6.60. The smallest absolute Gasteiger partial charge is 0.166 e. The Balaban J connectivity index is 2.01. The number of thiophene rings is 1. The molecule has 0 aliphatic heterocycles. The molecule has 4 heteroatoms. The summed E-state index contributed by atoms with van der Waals surface area (Å²) in [6.07, 6.45) is -0.891. The standard InChI is InChI=1S/C20H19F3S/c1-3-4-5-14-6-11-17-18(12-14)24-13(2)19(17)15-7-9-16(10-8-15)20(21,22)23/h6-12H,3-5H2,1-2H3. The molecule has 0 radical (unpaired) electrons. The number of hydrogen-bond donors (Lipinski definition) is 0. The molecular weight excluding hydrogens is 329 g/mol. The summed E-state index contributed by atoms with van der Waals surface area (Å²) in [6.45, 7) is 4.21. The average Bonchev–Trinajstić information content (AvgIpc) is 2.87. The molecular formula is C20H19F3S. The van der Waals surface area contributed by atoms with Gasteiger partial charge in [-0.25, -0.2) is 0 Å². The van der Waals surface area contributed by atoms with E-state index < -0.39 is 11.7 Å². The Kier molecular flexibility index (Phi) is 4.68. The molecule has 0 fully saturated rings. The second-order valence-electron chi connectivity index (χ2n) is 6.04. The minimum atomic E-state index is -4.29. The first-order valence-electron chi connectivity index (χ1n) is 8.10. The SMILES string of the molecule is CCCCc1ccc2c(-c3ccc(C(F)(F)F)cc3)c(C)sc2c1. The number of aryl methyl sites for hydroxylation is 2. The highest BCUT2D eigenvalue weighted by Crippen LogP contribution is 2.40. The van der Waals surface area contributed by atoms with Crippen LogP contribution in [0.25, 0.3) is 21.2 Å². The molecule has 0 nitrogen and oxygen atoms in total. The summed E-state index contributed by atoms with van der Waals surface area (Å²) in [4.78, 5) is 1.14. The molecule has 0 amide bonds. The molecule has 1 heterocycles. The van der Waals surface area contributed by atoms with Crippen molar-refractivity contribution in [2.24, 2.45) is 0 Å². The fourth-order valence-corrected chi connectivity index (χ4v) is 4.13. The van der Waals surface area contributed by atoms with E-state index in [2.05, 4.69) is 25.1 Å². The van der Waals surface area contributed by atoms with Crippen LogP contribution in [0.15, 0.2) is 42.5 Å². The monoisotopic (exact) mass is 348 g/mol. The van der Waals surface area contributed by atoms with Gasteiger partial charge in [-0.2, -0.15) is 13.2 Å². The highest BCUT2D eigenvalue weighted by atomic mass is 32.1. The van der Waals surface area contributed by atoms with E-state index in [4.69, 9.17) is 0 Å². The normalized spacial score (nSPS) is 12.0. The van der Waals surface area contributed by atoms with Crippen molar-refractivity contribution < 1.29 is 13.2 Å². The van der Waals surface area contributed by atoms with Gasteiger partial charge in [-0.1, -0.05) is 37.6 Å². The zero-order chi connectivity index (χ0) is 17.3. The minimum absolute atomic E-state index is 0.606. The van der Waals surface area contributed by atoms with Crippen LogP contribution < -0.4 is 0 Å². The molecule has 3 aromatic rings. The molecule has 0 saturated heterocycles. The van der Waals surface area contributed by atoms with Gasteiger partial charge in [0.2, 0.25) is 0 Å². The molecule has 3 rings (SSSR count). The fraction of sp³-hybridized carbons (Fsp3) is 0.300. The summed E-state index contributed by atoms with van der Waals surface area (Å²) in [7, 11) is 0. The van der Waals surface area contributed by atoms with Crippen LogP contribution in [0.3, 0.4) is 0 Å². The van der Waals surface area contributed by atoms with Crippen molar-refractivity contribution in [3.05, 3.63) is 58.5 Å². The molecule has 0 atom stereocenters. The van der Waals surface area contributed by atoms with Gasteiger partial charge in [0.25, 0.3) is 0 Å². The molecule has 0 aliphatic carbocycles. The number of unbranched alkanes of at least 4 members (excludes halogenated alkanes) is 1. The first-order valence-corrected chi connectivity index (χ1v) is 8.91. The molecule has 0 N–H and O–H groups in total. The van der Waals surface area contributed by atoms with Crippen molar-refractivity contribution in [3.63, 3.8) is 0 Å². The molecule has 2 aromatic carbocycles. The lowest BCUT2D eigenvalue weighted by atomic mass is 9.99. The summed E-state index contributed by atoms with van der Waals surface area (Å²) in [6, 6.07) is 11.9. The lowest BCUT2D eigenvalue weighted by molar-refractivity contribution is -0.137. The van der Waals surface area contributed by atoms with E-state index in [0.717, 1.165) is 46.4 Å². The summed E-state index contributed by atoms with van der Waals surface area (Å²) in [5, 5.41) is 1.12. The van der Waals surface area contributed by atoms with Gasteiger partial charge in [0.1, 0.15) is 0 Å². The van der Waals surface area contributed by atoms with Crippen molar-refractivity contribution >= 4 is 21.4 Å². The molecule has 0 spiro atoms. The summed E-state index contributed by atoms with van der Waals surface area (Å²) < 4.78 is 39.4. The lowest BCUT2D eigenvalue weighted by Gasteiger charge is -2.08. The Labute approximate surface area is 143 Å². The van der Waals surface area contributed by atoms with Crippen LogP contribution in [0.2, 0.25) is 0 Å². The summed E-state index contributed by atoms with van der Waals surface area (Å²) in [5.74, 6) is 0. The van der Waals surface area contributed by atoms with Gasteiger partial charge in [0.15, 0.2) is 0 Å². The highest BCUT2D eigenvalue weighted by molar-refractivity contribution is 7.19. The maximum Gasteiger partial charge on any atom is 0.416 e. The maximum atomic E-state index is 12.7. The summed E-state index contributed by atoms with van der Waals surface area (Å²) in [5.41, 5.74) is 2.61. The van der Waals surface area contributed by atoms with Crippen molar-refractivity contribution in [2.75, 3.05) is 0 Å². The van der Waals surface area contributed by atoms with E-state index in [1.165, 1.54) is 16.7 Å². The van der Waals surface area contributed by atoms with E-state index in [1.807, 2.05) is 6.92 Å². The van der Waals surface area contributed by atoms with E-state index >= 15 is 0 Å². The van der Waals surface area contributed by atoms with E-state index in [1.54, 1.807) is 23.5 Å². The molecule has 0 saturated carbocycles. The van der Waals surface area contributed by atoms with Crippen LogP contribution in [0.5, 0.6) is 0 Å². The number of halogens is 3. The maximum absolute atomic E-state index is 12.7. The number of hydrogen-bond acceptors (Lipinski definition) is 1. The van der Waals surface area contributed by atoms with Gasteiger partial charge in [-0.3, -0.25) is 0 Å². The molecule has 0 aliphatic rings. The number of fused-ring (bicyclic) bond motifs is 1. The number of alkyl halides is 3. The first-order chi connectivity index (χ1) is 11.4. The average molecular weight is 348 g/mol. The van der Waals surface area contributed by atoms with Crippen LogP contribution >= 0.6 is 11.3 Å². The lowest BCUT2D eigenvalue weighted by Crippen LogP contribution is -2.03. The third kappa shape index (κ3) is 3.34. The number of benzene rings is 2. The molecule has 126 valence electrons. The van der Waals surface area contributed by atoms with Gasteiger partial charge in [-0.05, 0) is 49.1 Å². The van der Waals surface area contributed by atoms with Crippen molar-refractivity contribution in [2.45, 2.75) is 39.3 Å². The second-order valence-corrected chi connectivity index (χ2v) is 7.30. The Morgan fingerprint density at radius 1 is 1.00 bits per heavy atom. The van der Waals surface area contributed by atoms with Crippen LogP contribution in [-0.4, -0.2) is 0 Å². The van der Waals surface area contributed by atoms with Crippen molar-refractivity contribution in [1.29, 1.82) is 0 Å². The van der Waals surface area contributed by atoms with E-state index in [-0.39, 0.29) is 0 Å². The molecule has 0 unspecified atom stereocenters. The van der Waals surface area contributed by atoms with Crippen LogP contribution in [0, 0.1) is 6.92 Å². The van der Waals surface area contributed by atoms with Gasteiger partial charge in [0.05, 0.1) is 5.56 Å². The zero-order valence-electron chi connectivity index (χ0n) is 13.7. The topological polar surface area (TPSA) is 0 Å². The fourth-order valence-electron chi connectivity index (χ4n) is 2.98. The van der Waals surface area contributed by atoms with E-state index in [9.17, 15) is 13.2 Å². The highest BCUT2D eigenvalue weighted by Gasteiger charge is 2.30. The van der Waals surface area contributed by atoms with Crippen LogP contribution in [0.1, 0.15) is 35.8 Å². The van der Waals surface area contributed by atoms with Crippen molar-refractivity contribution in [1.82, 2.24) is 0 Å². The van der Waals surface area contributed by atoms with Crippen LogP contribution in [0.4, 0.5) is 13.2 Å². The Bertz CT molecular complexity index is 842. The number of rotatable bonds is 4.